The summed E-state index contributed by atoms with van der Waals surface area (Å²) in [5.74, 6) is 0.877. The van der Waals surface area contributed by atoms with Crippen LogP contribution in [0.5, 0.6) is 5.75 Å². The Morgan fingerprint density at radius 3 is 2.00 bits per heavy atom. The lowest BCUT2D eigenvalue weighted by molar-refractivity contribution is 0.415. The first kappa shape index (κ1) is 15.5. The van der Waals surface area contributed by atoms with Crippen LogP contribution in [-0.2, 0) is 0 Å². The van der Waals surface area contributed by atoms with Gasteiger partial charge in [0, 0.05) is 0 Å². The predicted molar refractivity (Wildman–Crippen MR) is 106 cm³/mol. The van der Waals surface area contributed by atoms with E-state index in [2.05, 4.69) is 79.7 Å². The second-order valence-corrected chi connectivity index (χ2v) is 6.26. The van der Waals surface area contributed by atoms with E-state index in [4.69, 9.17) is 4.74 Å². The van der Waals surface area contributed by atoms with Gasteiger partial charge in [-0.05, 0) is 57.6 Å². The molecule has 0 amide bonds. The van der Waals surface area contributed by atoms with Gasteiger partial charge in [-0.2, -0.15) is 0 Å². The normalized spacial score (nSPS) is 10.8. The van der Waals surface area contributed by atoms with Crippen LogP contribution in [0.15, 0.2) is 84.9 Å². The lowest BCUT2D eigenvalue weighted by Gasteiger charge is -2.17. The molecule has 0 aromatic heterocycles. The van der Waals surface area contributed by atoms with Gasteiger partial charge in [-0.1, -0.05) is 72.8 Å². The van der Waals surface area contributed by atoms with Gasteiger partial charge in [0.05, 0.1) is 7.11 Å². The third-order valence-corrected chi connectivity index (χ3v) is 4.69. The number of methoxy groups -OCH3 is 1. The molecule has 0 saturated carbocycles. The number of rotatable bonds is 3. The molecule has 1 heteroatoms. The van der Waals surface area contributed by atoms with Crippen LogP contribution in [0.25, 0.3) is 33.0 Å². The van der Waals surface area contributed by atoms with Crippen molar-refractivity contribution in [3.8, 4) is 28.0 Å². The summed E-state index contributed by atoms with van der Waals surface area (Å²) in [6, 6.07) is 29.9. The van der Waals surface area contributed by atoms with Crippen LogP contribution in [0.1, 0.15) is 5.56 Å². The Kier molecular flexibility index (Phi) is 3.99. The van der Waals surface area contributed by atoms with Gasteiger partial charge in [0.25, 0.3) is 0 Å². The van der Waals surface area contributed by atoms with Gasteiger partial charge in [0.1, 0.15) is 5.75 Å². The van der Waals surface area contributed by atoms with Crippen molar-refractivity contribution in [1.82, 2.24) is 0 Å². The van der Waals surface area contributed by atoms with Gasteiger partial charge in [0.15, 0.2) is 0 Å². The molecule has 0 bridgehead atoms. The van der Waals surface area contributed by atoms with E-state index in [0.717, 1.165) is 5.75 Å². The molecule has 1 nitrogen and oxygen atoms in total. The van der Waals surface area contributed by atoms with Crippen molar-refractivity contribution < 1.29 is 4.74 Å². The summed E-state index contributed by atoms with van der Waals surface area (Å²) in [7, 11) is 1.70. The SMILES string of the molecule is COc1ccc(-c2c(-c3ccccc3)c(C)cc3ccccc23)cc1. The van der Waals surface area contributed by atoms with E-state index in [9.17, 15) is 0 Å². The minimum Gasteiger partial charge on any atom is -0.497 e. The standard InChI is InChI=1S/C24H20O/c1-17-16-20-10-6-7-11-22(20)24(19-12-14-21(25-2)15-13-19)23(17)18-8-4-3-5-9-18/h3-16H,1-2H3. The van der Waals surface area contributed by atoms with Crippen LogP contribution in [-0.4, -0.2) is 7.11 Å². The zero-order valence-corrected chi connectivity index (χ0v) is 14.5. The Morgan fingerprint density at radius 2 is 1.28 bits per heavy atom. The Hall–Kier alpha value is -3.06. The highest BCUT2D eigenvalue weighted by Gasteiger charge is 2.14. The highest BCUT2D eigenvalue weighted by Crippen LogP contribution is 2.40. The van der Waals surface area contributed by atoms with Crippen molar-refractivity contribution in [2.24, 2.45) is 0 Å². The third kappa shape index (κ3) is 2.78. The molecular weight excluding hydrogens is 304 g/mol. The molecule has 0 aliphatic heterocycles. The lowest BCUT2D eigenvalue weighted by Crippen LogP contribution is -1.92. The molecule has 25 heavy (non-hydrogen) atoms. The third-order valence-electron chi connectivity index (χ3n) is 4.69. The van der Waals surface area contributed by atoms with Gasteiger partial charge in [-0.3, -0.25) is 0 Å². The Labute approximate surface area is 148 Å². The minimum absolute atomic E-state index is 0.877. The topological polar surface area (TPSA) is 9.23 Å². The predicted octanol–water partition coefficient (Wildman–Crippen LogP) is 6.49. The van der Waals surface area contributed by atoms with E-state index in [1.54, 1.807) is 7.11 Å². The van der Waals surface area contributed by atoms with E-state index in [0.29, 0.717) is 0 Å². The molecule has 0 heterocycles. The molecule has 0 spiro atoms. The molecule has 4 aromatic carbocycles. The van der Waals surface area contributed by atoms with E-state index >= 15 is 0 Å². The Balaban J connectivity index is 2.08. The first-order chi connectivity index (χ1) is 12.3. The maximum atomic E-state index is 5.33. The summed E-state index contributed by atoms with van der Waals surface area (Å²) in [6.07, 6.45) is 0. The molecule has 0 saturated heterocycles. The maximum Gasteiger partial charge on any atom is 0.118 e. The average molecular weight is 324 g/mol. The van der Waals surface area contributed by atoms with Gasteiger partial charge in [-0.25, -0.2) is 0 Å². The molecular formula is C24H20O. The first-order valence-corrected chi connectivity index (χ1v) is 8.50. The number of hydrogen-bond donors (Lipinski definition) is 0. The van der Waals surface area contributed by atoms with Gasteiger partial charge < -0.3 is 4.74 Å². The van der Waals surface area contributed by atoms with E-state index in [1.165, 1.54) is 38.6 Å². The van der Waals surface area contributed by atoms with Crippen molar-refractivity contribution in [2.75, 3.05) is 7.11 Å². The van der Waals surface area contributed by atoms with Crippen LogP contribution in [0, 0.1) is 6.92 Å². The zero-order valence-electron chi connectivity index (χ0n) is 14.5. The number of fused-ring (bicyclic) bond motifs is 1. The van der Waals surface area contributed by atoms with Gasteiger partial charge in [0.2, 0.25) is 0 Å². The van der Waals surface area contributed by atoms with E-state index in [1.807, 2.05) is 12.1 Å². The summed E-state index contributed by atoms with van der Waals surface area (Å²) in [5, 5.41) is 2.54. The first-order valence-electron chi connectivity index (χ1n) is 8.50. The van der Waals surface area contributed by atoms with Crippen LogP contribution in [0.4, 0.5) is 0 Å². The largest absolute Gasteiger partial charge is 0.497 e. The van der Waals surface area contributed by atoms with Crippen LogP contribution >= 0.6 is 0 Å². The second-order valence-electron chi connectivity index (χ2n) is 6.26. The lowest BCUT2D eigenvalue weighted by atomic mass is 9.86. The van der Waals surface area contributed by atoms with Crippen molar-refractivity contribution in [2.45, 2.75) is 6.92 Å². The number of benzene rings is 4. The van der Waals surface area contributed by atoms with E-state index in [-0.39, 0.29) is 0 Å². The Bertz CT molecular complexity index is 1020. The highest BCUT2D eigenvalue weighted by molar-refractivity contribution is 6.05. The smallest absolute Gasteiger partial charge is 0.118 e. The molecule has 0 radical (unpaired) electrons. The molecule has 122 valence electrons. The average Bonchev–Trinajstić information content (AvgIpc) is 2.67. The fourth-order valence-electron chi connectivity index (χ4n) is 3.52. The van der Waals surface area contributed by atoms with Crippen LogP contribution in [0.2, 0.25) is 0 Å². The summed E-state index contributed by atoms with van der Waals surface area (Å²) in [5.41, 5.74) is 6.32. The minimum atomic E-state index is 0.877. The monoisotopic (exact) mass is 324 g/mol. The summed E-state index contributed by atoms with van der Waals surface area (Å²) in [6.45, 7) is 2.20. The summed E-state index contributed by atoms with van der Waals surface area (Å²) < 4.78 is 5.33. The number of aryl methyl sites for hydroxylation is 1. The summed E-state index contributed by atoms with van der Waals surface area (Å²) in [4.78, 5) is 0. The molecule has 0 fully saturated rings. The Morgan fingerprint density at radius 1 is 0.640 bits per heavy atom. The van der Waals surface area contributed by atoms with Crippen LogP contribution in [0.3, 0.4) is 0 Å². The van der Waals surface area contributed by atoms with Gasteiger partial charge >= 0.3 is 0 Å². The second kappa shape index (κ2) is 6.45. The number of ether oxygens (including phenoxy) is 1. The fourth-order valence-corrected chi connectivity index (χ4v) is 3.52. The fraction of sp³-hybridized carbons (Fsp3) is 0.0833. The van der Waals surface area contributed by atoms with Crippen molar-refractivity contribution >= 4 is 10.8 Å². The summed E-state index contributed by atoms with van der Waals surface area (Å²) >= 11 is 0. The van der Waals surface area contributed by atoms with Crippen molar-refractivity contribution in [3.63, 3.8) is 0 Å². The van der Waals surface area contributed by atoms with Crippen molar-refractivity contribution in [3.05, 3.63) is 90.5 Å². The van der Waals surface area contributed by atoms with Crippen molar-refractivity contribution in [1.29, 1.82) is 0 Å². The molecule has 0 aliphatic carbocycles. The van der Waals surface area contributed by atoms with Crippen LogP contribution < -0.4 is 4.74 Å². The van der Waals surface area contributed by atoms with E-state index < -0.39 is 0 Å². The number of hydrogen-bond acceptors (Lipinski definition) is 1. The quantitative estimate of drug-likeness (QED) is 0.418. The molecule has 4 aromatic rings. The molecule has 0 N–H and O–H groups in total. The highest BCUT2D eigenvalue weighted by atomic mass is 16.5. The molecule has 4 rings (SSSR count). The molecule has 0 unspecified atom stereocenters. The maximum absolute atomic E-state index is 5.33. The van der Waals surface area contributed by atoms with Gasteiger partial charge in [-0.15, -0.1) is 0 Å². The molecule has 0 atom stereocenters. The molecule has 0 aliphatic rings. The zero-order chi connectivity index (χ0) is 17.2.